The molecule has 0 saturated heterocycles. The van der Waals surface area contributed by atoms with E-state index in [1.54, 1.807) is 0 Å². The number of hydrogen-bond acceptors (Lipinski definition) is 4. The summed E-state index contributed by atoms with van der Waals surface area (Å²) in [5.74, 6) is 0. The van der Waals surface area contributed by atoms with E-state index in [4.69, 9.17) is 14.3 Å². The molecule has 0 bridgehead atoms. The number of rotatable bonds is 9. The number of hydroxylamine groups is 1. The summed E-state index contributed by atoms with van der Waals surface area (Å²) in [7, 11) is 0. The Hall–Kier alpha value is -0.940. The summed E-state index contributed by atoms with van der Waals surface area (Å²) in [6.07, 6.45) is -0.249. The van der Waals surface area contributed by atoms with Gasteiger partial charge in [-0.1, -0.05) is 30.3 Å². The standard InChI is InChI=1S/C13H21NO3/c1-3-15-13(16-4-2)10-14-17-11-12-8-6-5-7-9-12/h5-9,13-14H,3-4,10-11H2,1-2H3. The van der Waals surface area contributed by atoms with Crippen molar-refractivity contribution >= 4 is 0 Å². The van der Waals surface area contributed by atoms with Crippen LogP contribution in [-0.2, 0) is 20.9 Å². The Bertz CT molecular complexity index is 273. The van der Waals surface area contributed by atoms with Crippen LogP contribution < -0.4 is 5.48 Å². The second-order valence-electron chi connectivity index (χ2n) is 3.46. The van der Waals surface area contributed by atoms with Gasteiger partial charge in [0.1, 0.15) is 0 Å². The van der Waals surface area contributed by atoms with Crippen LogP contribution in [0.15, 0.2) is 30.3 Å². The minimum absolute atomic E-state index is 0.249. The summed E-state index contributed by atoms with van der Waals surface area (Å²) in [5, 5.41) is 0. The van der Waals surface area contributed by atoms with Crippen LogP contribution in [0, 0.1) is 0 Å². The van der Waals surface area contributed by atoms with Crippen molar-refractivity contribution in [3.05, 3.63) is 35.9 Å². The van der Waals surface area contributed by atoms with E-state index in [2.05, 4.69) is 5.48 Å². The van der Waals surface area contributed by atoms with Gasteiger partial charge in [-0.3, -0.25) is 4.84 Å². The molecule has 0 radical (unpaired) electrons. The van der Waals surface area contributed by atoms with Gasteiger partial charge in [-0.2, -0.15) is 5.48 Å². The zero-order valence-corrected chi connectivity index (χ0v) is 10.5. The lowest BCUT2D eigenvalue weighted by Gasteiger charge is -2.17. The molecular formula is C13H21NO3. The number of ether oxygens (including phenoxy) is 2. The van der Waals surface area contributed by atoms with Crippen molar-refractivity contribution < 1.29 is 14.3 Å². The highest BCUT2D eigenvalue weighted by atomic mass is 16.7. The van der Waals surface area contributed by atoms with Crippen molar-refractivity contribution in [1.82, 2.24) is 5.48 Å². The number of benzene rings is 1. The van der Waals surface area contributed by atoms with Crippen LogP contribution in [-0.4, -0.2) is 26.0 Å². The van der Waals surface area contributed by atoms with Crippen molar-refractivity contribution in [3.8, 4) is 0 Å². The maximum absolute atomic E-state index is 5.37. The summed E-state index contributed by atoms with van der Waals surface area (Å²) in [6, 6.07) is 10.00. The molecule has 0 aliphatic carbocycles. The zero-order chi connectivity index (χ0) is 12.3. The maximum Gasteiger partial charge on any atom is 0.172 e. The van der Waals surface area contributed by atoms with Gasteiger partial charge in [-0.15, -0.1) is 0 Å². The van der Waals surface area contributed by atoms with E-state index < -0.39 is 0 Å². The van der Waals surface area contributed by atoms with Crippen LogP contribution in [0.5, 0.6) is 0 Å². The molecule has 4 heteroatoms. The molecule has 1 rings (SSSR count). The fourth-order valence-electron chi connectivity index (χ4n) is 1.37. The largest absolute Gasteiger partial charge is 0.351 e. The minimum Gasteiger partial charge on any atom is -0.351 e. The molecule has 0 amide bonds. The topological polar surface area (TPSA) is 39.7 Å². The molecule has 0 aliphatic heterocycles. The highest BCUT2D eigenvalue weighted by molar-refractivity contribution is 5.13. The molecule has 1 aromatic carbocycles. The van der Waals surface area contributed by atoms with Gasteiger partial charge in [0.15, 0.2) is 6.29 Å². The third kappa shape index (κ3) is 6.38. The van der Waals surface area contributed by atoms with Gasteiger partial charge in [-0.05, 0) is 19.4 Å². The molecule has 0 fully saturated rings. The zero-order valence-electron chi connectivity index (χ0n) is 10.5. The number of hydrogen-bond donors (Lipinski definition) is 1. The van der Waals surface area contributed by atoms with Gasteiger partial charge in [0.05, 0.1) is 13.2 Å². The van der Waals surface area contributed by atoms with Gasteiger partial charge in [0.2, 0.25) is 0 Å². The second kappa shape index (κ2) is 9.13. The van der Waals surface area contributed by atoms with Crippen molar-refractivity contribution in [1.29, 1.82) is 0 Å². The summed E-state index contributed by atoms with van der Waals surface area (Å²) < 4.78 is 10.7. The molecule has 0 aromatic heterocycles. The predicted octanol–water partition coefficient (Wildman–Crippen LogP) is 2.11. The van der Waals surface area contributed by atoms with E-state index in [1.165, 1.54) is 0 Å². The van der Waals surface area contributed by atoms with Crippen LogP contribution in [0.1, 0.15) is 19.4 Å². The maximum atomic E-state index is 5.37. The third-order valence-corrected chi connectivity index (χ3v) is 2.14. The Balaban J connectivity index is 2.13. The number of nitrogens with one attached hydrogen (secondary N) is 1. The molecule has 96 valence electrons. The van der Waals surface area contributed by atoms with Crippen molar-refractivity contribution in [2.75, 3.05) is 19.8 Å². The van der Waals surface area contributed by atoms with Gasteiger partial charge in [0.25, 0.3) is 0 Å². The van der Waals surface area contributed by atoms with Gasteiger partial charge < -0.3 is 9.47 Å². The Labute approximate surface area is 103 Å². The first-order valence-electron chi connectivity index (χ1n) is 5.98. The summed E-state index contributed by atoms with van der Waals surface area (Å²) >= 11 is 0. The highest BCUT2D eigenvalue weighted by Gasteiger charge is 2.06. The van der Waals surface area contributed by atoms with Crippen molar-refractivity contribution in [2.24, 2.45) is 0 Å². The molecule has 1 N–H and O–H groups in total. The Morgan fingerprint density at radius 1 is 1.06 bits per heavy atom. The molecule has 1 aromatic rings. The first-order chi connectivity index (χ1) is 8.36. The fourth-order valence-corrected chi connectivity index (χ4v) is 1.37. The summed E-state index contributed by atoms with van der Waals surface area (Å²) in [6.45, 7) is 6.20. The fraction of sp³-hybridized carbons (Fsp3) is 0.538. The summed E-state index contributed by atoms with van der Waals surface area (Å²) in [4.78, 5) is 5.33. The molecule has 0 aliphatic rings. The molecule has 0 saturated carbocycles. The SMILES string of the molecule is CCOC(CNOCc1ccccc1)OCC. The third-order valence-electron chi connectivity index (χ3n) is 2.14. The molecule has 4 nitrogen and oxygen atoms in total. The van der Waals surface area contributed by atoms with E-state index in [9.17, 15) is 0 Å². The highest BCUT2D eigenvalue weighted by Crippen LogP contribution is 1.99. The van der Waals surface area contributed by atoms with Gasteiger partial charge in [-0.25, -0.2) is 0 Å². The van der Waals surface area contributed by atoms with E-state index in [-0.39, 0.29) is 6.29 Å². The first kappa shape index (κ1) is 14.1. The van der Waals surface area contributed by atoms with E-state index in [0.29, 0.717) is 26.4 Å². The molecule has 0 unspecified atom stereocenters. The van der Waals surface area contributed by atoms with E-state index in [0.717, 1.165) is 5.56 Å². The Kier molecular flexibility index (Phi) is 7.58. The average Bonchev–Trinajstić information content (AvgIpc) is 2.36. The average molecular weight is 239 g/mol. The molecule has 17 heavy (non-hydrogen) atoms. The normalized spacial score (nSPS) is 11.0. The quantitative estimate of drug-likeness (QED) is 0.407. The monoisotopic (exact) mass is 239 g/mol. The van der Waals surface area contributed by atoms with Crippen molar-refractivity contribution in [3.63, 3.8) is 0 Å². The van der Waals surface area contributed by atoms with E-state index in [1.807, 2.05) is 44.2 Å². The lowest BCUT2D eigenvalue weighted by atomic mass is 10.2. The second-order valence-corrected chi connectivity index (χ2v) is 3.46. The van der Waals surface area contributed by atoms with Gasteiger partial charge in [0, 0.05) is 13.2 Å². The van der Waals surface area contributed by atoms with Crippen LogP contribution >= 0.6 is 0 Å². The smallest absolute Gasteiger partial charge is 0.172 e. The van der Waals surface area contributed by atoms with Gasteiger partial charge >= 0.3 is 0 Å². The lowest BCUT2D eigenvalue weighted by Crippen LogP contribution is -2.31. The van der Waals surface area contributed by atoms with E-state index >= 15 is 0 Å². The van der Waals surface area contributed by atoms with Crippen LogP contribution in [0.2, 0.25) is 0 Å². The molecule has 0 heterocycles. The predicted molar refractivity (Wildman–Crippen MR) is 66.3 cm³/mol. The summed E-state index contributed by atoms with van der Waals surface area (Å²) in [5.41, 5.74) is 3.98. The molecule has 0 spiro atoms. The van der Waals surface area contributed by atoms with Crippen LogP contribution in [0.3, 0.4) is 0 Å². The molecular weight excluding hydrogens is 218 g/mol. The first-order valence-corrected chi connectivity index (χ1v) is 5.98. The van der Waals surface area contributed by atoms with Crippen LogP contribution in [0.25, 0.3) is 0 Å². The Morgan fingerprint density at radius 2 is 1.71 bits per heavy atom. The minimum atomic E-state index is -0.249. The van der Waals surface area contributed by atoms with Crippen LogP contribution in [0.4, 0.5) is 0 Å². The Morgan fingerprint density at radius 3 is 2.29 bits per heavy atom. The van der Waals surface area contributed by atoms with Crippen molar-refractivity contribution in [2.45, 2.75) is 26.7 Å². The molecule has 0 atom stereocenters. The lowest BCUT2D eigenvalue weighted by molar-refractivity contribution is -0.150.